The van der Waals surface area contributed by atoms with E-state index >= 15 is 0 Å². The predicted octanol–water partition coefficient (Wildman–Crippen LogP) is 21.5. The minimum Gasteiger partial charge on any atom is -0.376 e. The van der Waals surface area contributed by atoms with E-state index < -0.39 is 0 Å². The fraction of sp³-hybridized carbons (Fsp3) is 0.133. The van der Waals surface area contributed by atoms with Gasteiger partial charge in [-0.3, -0.25) is 0 Å². The number of nitrogens with zero attached hydrogens (tertiary/aromatic N) is 4. The van der Waals surface area contributed by atoms with Gasteiger partial charge in [-0.25, -0.2) is 0 Å². The Morgan fingerprint density at radius 2 is 1.22 bits per heavy atom. The number of rotatable bonds is 20. The Bertz CT molecular complexity index is 4330. The Morgan fingerprint density at radius 1 is 0.580 bits per heavy atom. The fourth-order valence-electron chi connectivity index (χ4n) is 12.9. The summed E-state index contributed by atoms with van der Waals surface area (Å²) in [5.41, 5.74) is 21.6. The van der Waals surface area contributed by atoms with Gasteiger partial charge in [-0.1, -0.05) is 203 Å². The molecule has 9 aromatic carbocycles. The van der Waals surface area contributed by atoms with Crippen molar-refractivity contribution in [1.82, 2.24) is 4.57 Å². The van der Waals surface area contributed by atoms with Crippen molar-refractivity contribution in [2.75, 3.05) is 21.3 Å². The highest BCUT2D eigenvalue weighted by Crippen LogP contribution is 2.43. The van der Waals surface area contributed by atoms with Crippen LogP contribution in [-0.4, -0.2) is 17.2 Å². The smallest absolute Gasteiger partial charge is 0.0717 e. The van der Waals surface area contributed by atoms with Crippen LogP contribution in [0.2, 0.25) is 0 Å². The topological polar surface area (TPSA) is 23.9 Å². The van der Waals surface area contributed by atoms with Gasteiger partial charge in [0, 0.05) is 68.3 Å². The summed E-state index contributed by atoms with van der Waals surface area (Å²) in [5.74, 6) is 0.866. The van der Waals surface area contributed by atoms with Crippen LogP contribution >= 0.6 is 0 Å². The van der Waals surface area contributed by atoms with Crippen LogP contribution < -0.4 is 14.7 Å². The number of ether oxygens (including phenoxy) is 1. The number of para-hydroxylation sites is 3. The van der Waals surface area contributed by atoms with Gasteiger partial charge in [0.2, 0.25) is 0 Å². The average molecular weight is 1140 g/mol. The molecule has 1 aromatic heterocycles. The van der Waals surface area contributed by atoms with Gasteiger partial charge in [-0.15, -0.1) is 0 Å². The van der Waals surface area contributed by atoms with Crippen molar-refractivity contribution in [3.8, 4) is 16.8 Å². The fourth-order valence-corrected chi connectivity index (χ4v) is 12.9. The first-order valence-corrected chi connectivity index (χ1v) is 31.0. The van der Waals surface area contributed by atoms with E-state index in [2.05, 4.69) is 319 Å². The second-order valence-electron chi connectivity index (χ2n) is 23.3. The average Bonchev–Trinajstić information content (AvgIpc) is 1.65. The van der Waals surface area contributed by atoms with Gasteiger partial charge >= 0.3 is 0 Å². The van der Waals surface area contributed by atoms with E-state index in [0.717, 1.165) is 111 Å². The van der Waals surface area contributed by atoms with Gasteiger partial charge in [0.25, 0.3) is 0 Å². The largest absolute Gasteiger partial charge is 0.376 e. The highest BCUT2D eigenvalue weighted by molar-refractivity contribution is 6.11. The van der Waals surface area contributed by atoms with Crippen molar-refractivity contribution in [3.63, 3.8) is 0 Å². The van der Waals surface area contributed by atoms with Gasteiger partial charge in [0.05, 0.1) is 36.0 Å². The molecule has 5 nitrogen and oxygen atoms in total. The summed E-state index contributed by atoms with van der Waals surface area (Å²) in [5, 5.41) is 2.49. The number of hydrogen-bond donors (Lipinski definition) is 0. The molecule has 3 unspecified atom stereocenters. The van der Waals surface area contributed by atoms with Gasteiger partial charge in [0.1, 0.15) is 0 Å². The summed E-state index contributed by atoms with van der Waals surface area (Å²) in [6.45, 7) is 16.2. The lowest BCUT2D eigenvalue weighted by Gasteiger charge is -2.35. The lowest BCUT2D eigenvalue weighted by molar-refractivity contribution is 0.0998. The molecule has 3 aliphatic rings. The molecule has 13 rings (SSSR count). The lowest BCUT2D eigenvalue weighted by atomic mass is 9.90. The molecule has 1 aliphatic heterocycles. The second-order valence-corrected chi connectivity index (χ2v) is 23.3. The van der Waals surface area contributed by atoms with E-state index in [1.807, 2.05) is 12.2 Å². The summed E-state index contributed by atoms with van der Waals surface area (Å²) in [6, 6.07) is 80.0. The van der Waals surface area contributed by atoms with Crippen LogP contribution in [0.5, 0.6) is 0 Å². The maximum atomic E-state index is 6.37. The van der Waals surface area contributed by atoms with Crippen molar-refractivity contribution in [2.24, 2.45) is 11.8 Å². The first kappa shape index (κ1) is 56.9. The van der Waals surface area contributed by atoms with Crippen molar-refractivity contribution < 1.29 is 4.74 Å². The first-order valence-electron chi connectivity index (χ1n) is 31.0. The molecule has 0 bridgehead atoms. The molecular formula is C83H74N4O. The standard InChI is InChI=1S/C83H74N4O/c1-5-61-28-32-64(33-29-61)53-63(7-3)54-66-36-48-82-79(55-66)80-57-76(46-49-83(80)87(82)73-26-18-11-19-27-73)85(71-22-14-9-15-23-71)74-42-38-68(39-43-74)69-40-44-75(45-41-69)86(72-24-16-10-17-25-72)77-50-51-84(70-20-12-8-13-21-70)81-47-37-67(56-78(81)60(4)52-77)59-88-58-65-34-30-62(6-2)31-35-65/h5-6,8-24,26-34,36-52,55-57,63,65,72H,1-2,4,7,25,35,53-54,58-59H2,3H3/b51-50-,77-52+. The van der Waals surface area contributed by atoms with E-state index in [0.29, 0.717) is 25.0 Å². The summed E-state index contributed by atoms with van der Waals surface area (Å²) < 4.78 is 8.80. The highest BCUT2D eigenvalue weighted by Gasteiger charge is 2.25. The van der Waals surface area contributed by atoms with E-state index in [9.17, 15) is 0 Å². The van der Waals surface area contributed by atoms with Crippen LogP contribution in [0.1, 0.15) is 54.0 Å². The minimum absolute atomic E-state index is 0.0826. The minimum atomic E-state index is 0.0826. The molecular weight excluding hydrogens is 1070 g/mol. The normalized spacial score (nSPS) is 16.7. The van der Waals surface area contributed by atoms with Gasteiger partial charge in [-0.05, 0) is 191 Å². The summed E-state index contributed by atoms with van der Waals surface area (Å²) in [7, 11) is 0. The maximum absolute atomic E-state index is 6.37. The van der Waals surface area contributed by atoms with Crippen LogP contribution in [0, 0.1) is 11.8 Å². The summed E-state index contributed by atoms with van der Waals surface area (Å²) in [4.78, 5) is 7.13. The Labute approximate surface area is 519 Å². The van der Waals surface area contributed by atoms with Crippen LogP contribution in [0.3, 0.4) is 0 Å². The van der Waals surface area contributed by atoms with Crippen LogP contribution in [0.25, 0.3) is 50.3 Å². The van der Waals surface area contributed by atoms with Gasteiger partial charge < -0.3 is 24.0 Å². The van der Waals surface area contributed by atoms with Crippen molar-refractivity contribution in [2.45, 2.75) is 51.7 Å². The monoisotopic (exact) mass is 1140 g/mol. The molecule has 0 radical (unpaired) electrons. The van der Waals surface area contributed by atoms with E-state index in [1.54, 1.807) is 0 Å². The summed E-state index contributed by atoms with van der Waals surface area (Å²) in [6.07, 6.45) is 31.0. The molecule has 3 atom stereocenters. The molecule has 432 valence electrons. The zero-order valence-corrected chi connectivity index (χ0v) is 50.2. The molecule has 88 heavy (non-hydrogen) atoms. The van der Waals surface area contributed by atoms with Crippen LogP contribution in [-0.2, 0) is 24.2 Å². The molecule has 5 heteroatoms. The summed E-state index contributed by atoms with van der Waals surface area (Å²) >= 11 is 0. The zero-order chi connectivity index (χ0) is 59.8. The number of benzene rings is 9. The van der Waals surface area contributed by atoms with E-state index in [4.69, 9.17) is 11.3 Å². The number of aromatic nitrogens is 1. The maximum Gasteiger partial charge on any atom is 0.0717 e. The van der Waals surface area contributed by atoms with Gasteiger partial charge in [-0.2, -0.15) is 0 Å². The van der Waals surface area contributed by atoms with Crippen molar-refractivity contribution >= 4 is 67.6 Å². The molecule has 0 saturated heterocycles. The molecule has 2 heterocycles. The van der Waals surface area contributed by atoms with E-state index in [1.165, 1.54) is 38.5 Å². The quantitative estimate of drug-likeness (QED) is 0.0759. The molecule has 10 aromatic rings. The van der Waals surface area contributed by atoms with Crippen LogP contribution in [0.15, 0.2) is 316 Å². The van der Waals surface area contributed by atoms with E-state index in [-0.39, 0.29) is 6.04 Å². The number of allylic oxidation sites excluding steroid dienone is 9. The third kappa shape index (κ3) is 12.3. The Balaban J connectivity index is 0.805. The molecule has 0 N–H and O–H groups in total. The number of fused-ring (bicyclic) bond motifs is 4. The Hall–Kier alpha value is -10.2. The highest BCUT2D eigenvalue weighted by atomic mass is 16.5. The molecule has 0 saturated carbocycles. The van der Waals surface area contributed by atoms with Gasteiger partial charge in [0.15, 0.2) is 0 Å². The molecule has 0 fully saturated rings. The molecule has 0 spiro atoms. The number of hydrogen-bond acceptors (Lipinski definition) is 4. The molecule has 0 amide bonds. The first-order chi connectivity index (χ1) is 43.4. The SMILES string of the molecule is C=CC1=CCC(COCc2ccc3c(c2)C(=C)/C=C(N(c2ccc(-c4ccc(N(c5ccccc5)c5ccc6c(c5)c5cc(CC(CC)Cc7ccc(C=C)cc7)ccc5n6-c5ccccc5)cc4)cc2)C2C=CC=CC2)\C=C/N3c2ccccc2)C=C1. The lowest BCUT2D eigenvalue weighted by Crippen LogP contribution is -2.33. The zero-order valence-electron chi connectivity index (χ0n) is 50.2. The number of anilines is 6. The van der Waals surface area contributed by atoms with Crippen LogP contribution in [0.4, 0.5) is 34.1 Å². The predicted molar refractivity (Wildman–Crippen MR) is 374 cm³/mol. The third-order valence-corrected chi connectivity index (χ3v) is 17.6. The van der Waals surface area contributed by atoms with Crippen molar-refractivity contribution in [3.05, 3.63) is 344 Å². The van der Waals surface area contributed by atoms with Crippen molar-refractivity contribution in [1.29, 1.82) is 0 Å². The second kappa shape index (κ2) is 26.2. The molecule has 2 aliphatic carbocycles. The Kier molecular flexibility index (Phi) is 16.9. The third-order valence-electron chi connectivity index (χ3n) is 17.6. The Morgan fingerprint density at radius 3 is 1.89 bits per heavy atom.